The van der Waals surface area contributed by atoms with Crippen LogP contribution >= 0.6 is 0 Å². The van der Waals surface area contributed by atoms with Gasteiger partial charge in [0.05, 0.1) is 7.11 Å². The summed E-state index contributed by atoms with van der Waals surface area (Å²) >= 11 is 0. The minimum Gasteiger partial charge on any atom is -0.469 e. The Labute approximate surface area is 168 Å². The number of ether oxygens (including phenoxy) is 4. The second-order valence-corrected chi connectivity index (χ2v) is 7.85. The van der Waals surface area contributed by atoms with Crippen LogP contribution in [-0.4, -0.2) is 56.4 Å². The Morgan fingerprint density at radius 1 is 1.04 bits per heavy atom. The largest absolute Gasteiger partial charge is 0.469 e. The lowest BCUT2D eigenvalue weighted by molar-refractivity contribution is -0.186. The molecule has 2 rings (SSSR count). The summed E-state index contributed by atoms with van der Waals surface area (Å²) in [5, 5.41) is 9.79. The number of aliphatic hydroxyl groups excluding tert-OH is 1. The maximum absolute atomic E-state index is 12.1. The first-order chi connectivity index (χ1) is 13.6. The third kappa shape index (κ3) is 8.05. The quantitative estimate of drug-likeness (QED) is 0.398. The van der Waals surface area contributed by atoms with Crippen LogP contribution in [0.25, 0.3) is 0 Å². The van der Waals surface area contributed by atoms with Gasteiger partial charge in [0.2, 0.25) is 0 Å². The summed E-state index contributed by atoms with van der Waals surface area (Å²) in [5.74, 6) is -0.142. The summed E-state index contributed by atoms with van der Waals surface area (Å²) in [7, 11) is 1.41. The smallest absolute Gasteiger partial charge is 0.332 e. The highest BCUT2D eigenvalue weighted by Crippen LogP contribution is 2.37. The highest BCUT2D eigenvalue weighted by molar-refractivity contribution is 5.71. The summed E-state index contributed by atoms with van der Waals surface area (Å²) in [6.07, 6.45) is 9.63. The second-order valence-electron chi connectivity index (χ2n) is 7.85. The van der Waals surface area contributed by atoms with Crippen molar-refractivity contribution in [3.05, 3.63) is 0 Å². The van der Waals surface area contributed by atoms with E-state index in [1.807, 2.05) is 0 Å². The highest BCUT2D eigenvalue weighted by atomic mass is 16.7. The molecule has 0 aromatic carbocycles. The molecule has 0 aromatic rings. The number of aliphatic hydroxyl groups is 1. The molecule has 1 aliphatic carbocycles. The fourth-order valence-electron chi connectivity index (χ4n) is 4.22. The molecule has 0 bridgehead atoms. The van der Waals surface area contributed by atoms with Gasteiger partial charge in [-0.3, -0.25) is 4.79 Å². The number of unbranched alkanes of at least 4 members (excludes halogenated alkanes) is 3. The van der Waals surface area contributed by atoms with Crippen molar-refractivity contribution in [1.82, 2.24) is 0 Å². The van der Waals surface area contributed by atoms with Crippen molar-refractivity contribution in [1.29, 1.82) is 0 Å². The third-order valence-corrected chi connectivity index (χ3v) is 5.86. The van der Waals surface area contributed by atoms with Gasteiger partial charge in [-0.15, -0.1) is 0 Å². The minimum absolute atomic E-state index is 0.00458. The molecular formula is C21H36O7. The molecule has 2 fully saturated rings. The third-order valence-electron chi connectivity index (χ3n) is 5.86. The monoisotopic (exact) mass is 400 g/mol. The fourth-order valence-corrected chi connectivity index (χ4v) is 4.22. The Kier molecular flexibility index (Phi) is 10.8. The Bertz CT molecular complexity index is 462. The minimum atomic E-state index is -0.374. The average Bonchev–Trinajstić information content (AvgIpc) is 3.10. The van der Waals surface area contributed by atoms with Crippen molar-refractivity contribution >= 4 is 11.9 Å². The van der Waals surface area contributed by atoms with Gasteiger partial charge in [0.15, 0.2) is 6.29 Å². The maximum Gasteiger partial charge on any atom is 0.332 e. The van der Waals surface area contributed by atoms with E-state index in [1.165, 1.54) is 7.11 Å². The van der Waals surface area contributed by atoms with E-state index < -0.39 is 0 Å². The van der Waals surface area contributed by atoms with Gasteiger partial charge >= 0.3 is 11.9 Å². The normalized spacial score (nSPS) is 27.5. The summed E-state index contributed by atoms with van der Waals surface area (Å²) in [4.78, 5) is 23.2. The first-order valence-electron chi connectivity index (χ1n) is 10.7. The van der Waals surface area contributed by atoms with E-state index in [2.05, 4.69) is 4.74 Å². The second kappa shape index (κ2) is 13.1. The van der Waals surface area contributed by atoms with Crippen LogP contribution < -0.4 is 0 Å². The Hall–Kier alpha value is -1.18. The standard InChI is InChI=1S/C21H36O7/c1-25-19(23)9-5-3-2-4-8-16-11-12-18(17(16)14-22)28-20(24)15-27-21-10-6-7-13-26-21/h16-18,21-22H,2-15H2,1H3. The molecule has 28 heavy (non-hydrogen) atoms. The molecule has 1 saturated heterocycles. The Morgan fingerprint density at radius 3 is 2.57 bits per heavy atom. The fraction of sp³-hybridized carbons (Fsp3) is 0.905. The average molecular weight is 401 g/mol. The van der Waals surface area contributed by atoms with Crippen LogP contribution in [-0.2, 0) is 28.5 Å². The van der Waals surface area contributed by atoms with E-state index in [0.717, 1.165) is 64.2 Å². The summed E-state index contributed by atoms with van der Waals surface area (Å²) in [6, 6.07) is 0. The zero-order chi connectivity index (χ0) is 20.2. The van der Waals surface area contributed by atoms with E-state index in [1.54, 1.807) is 0 Å². The van der Waals surface area contributed by atoms with Crippen molar-refractivity contribution in [2.24, 2.45) is 11.8 Å². The molecule has 4 atom stereocenters. The number of carbonyl (C=O) groups excluding carboxylic acids is 2. The molecule has 1 N–H and O–H groups in total. The van der Waals surface area contributed by atoms with E-state index in [0.29, 0.717) is 18.9 Å². The van der Waals surface area contributed by atoms with Crippen LogP contribution in [0.5, 0.6) is 0 Å². The molecule has 4 unspecified atom stereocenters. The Morgan fingerprint density at radius 2 is 1.86 bits per heavy atom. The molecule has 0 spiro atoms. The van der Waals surface area contributed by atoms with Crippen LogP contribution in [0, 0.1) is 11.8 Å². The zero-order valence-electron chi connectivity index (χ0n) is 17.1. The van der Waals surface area contributed by atoms with Gasteiger partial charge < -0.3 is 24.1 Å². The first kappa shape index (κ1) is 23.1. The van der Waals surface area contributed by atoms with Gasteiger partial charge in [0.1, 0.15) is 12.7 Å². The lowest BCUT2D eigenvalue weighted by Crippen LogP contribution is -2.31. The summed E-state index contributed by atoms with van der Waals surface area (Å²) in [6.45, 7) is 0.626. The van der Waals surface area contributed by atoms with Crippen LogP contribution in [0.2, 0.25) is 0 Å². The van der Waals surface area contributed by atoms with Crippen LogP contribution in [0.4, 0.5) is 0 Å². The predicted octanol–water partition coefficient (Wildman–Crippen LogP) is 2.97. The summed E-state index contributed by atoms with van der Waals surface area (Å²) in [5.41, 5.74) is 0. The lowest BCUT2D eigenvalue weighted by atomic mass is 9.90. The number of carbonyl (C=O) groups is 2. The van der Waals surface area contributed by atoms with Gasteiger partial charge in [-0.05, 0) is 50.9 Å². The maximum atomic E-state index is 12.1. The predicted molar refractivity (Wildman–Crippen MR) is 102 cm³/mol. The number of hydrogen-bond acceptors (Lipinski definition) is 7. The molecule has 7 heteroatoms. The van der Waals surface area contributed by atoms with E-state index in [-0.39, 0.29) is 43.5 Å². The molecular weight excluding hydrogens is 364 g/mol. The molecule has 7 nitrogen and oxygen atoms in total. The van der Waals surface area contributed by atoms with Crippen molar-refractivity contribution in [3.8, 4) is 0 Å². The molecule has 1 heterocycles. The molecule has 0 amide bonds. The summed E-state index contributed by atoms with van der Waals surface area (Å²) < 4.78 is 21.2. The van der Waals surface area contributed by atoms with Crippen LogP contribution in [0.1, 0.15) is 70.6 Å². The molecule has 1 aliphatic heterocycles. The van der Waals surface area contributed by atoms with Gasteiger partial charge in [-0.1, -0.05) is 19.3 Å². The van der Waals surface area contributed by atoms with Crippen molar-refractivity contribution in [2.45, 2.75) is 83.0 Å². The van der Waals surface area contributed by atoms with Gasteiger partial charge in [-0.2, -0.15) is 0 Å². The van der Waals surface area contributed by atoms with Gasteiger partial charge in [-0.25, -0.2) is 4.79 Å². The SMILES string of the molecule is COC(=O)CCCCCCC1CCC(OC(=O)COC2CCCCO2)C1CO. The number of rotatable bonds is 12. The lowest BCUT2D eigenvalue weighted by Gasteiger charge is -2.24. The van der Waals surface area contributed by atoms with Crippen molar-refractivity contribution in [3.63, 3.8) is 0 Å². The van der Waals surface area contributed by atoms with Crippen LogP contribution in [0.15, 0.2) is 0 Å². The van der Waals surface area contributed by atoms with E-state index >= 15 is 0 Å². The number of hydrogen-bond donors (Lipinski definition) is 1. The number of esters is 2. The Balaban J connectivity index is 1.60. The molecule has 2 aliphatic rings. The molecule has 162 valence electrons. The van der Waals surface area contributed by atoms with Crippen molar-refractivity contribution in [2.75, 3.05) is 26.9 Å². The number of methoxy groups -OCH3 is 1. The zero-order valence-corrected chi connectivity index (χ0v) is 17.1. The van der Waals surface area contributed by atoms with Crippen LogP contribution in [0.3, 0.4) is 0 Å². The first-order valence-corrected chi connectivity index (χ1v) is 10.7. The van der Waals surface area contributed by atoms with E-state index in [9.17, 15) is 14.7 Å². The molecule has 0 radical (unpaired) electrons. The molecule has 0 aromatic heterocycles. The van der Waals surface area contributed by atoms with E-state index in [4.69, 9.17) is 14.2 Å². The van der Waals surface area contributed by atoms with Crippen molar-refractivity contribution < 1.29 is 33.6 Å². The molecule has 1 saturated carbocycles. The topological polar surface area (TPSA) is 91.3 Å². The van der Waals surface area contributed by atoms with Gasteiger partial charge in [0, 0.05) is 25.6 Å². The highest BCUT2D eigenvalue weighted by Gasteiger charge is 2.37. The van der Waals surface area contributed by atoms with Gasteiger partial charge in [0.25, 0.3) is 0 Å².